The quantitative estimate of drug-likeness (QED) is 0.846. The number of hydrogen-bond acceptors (Lipinski definition) is 5. The van der Waals surface area contributed by atoms with Crippen LogP contribution in [0.4, 0.5) is 9.93 Å². The number of amides is 2. The van der Waals surface area contributed by atoms with Crippen molar-refractivity contribution in [3.8, 4) is 0 Å². The number of carbonyl (C=O) groups is 2. The van der Waals surface area contributed by atoms with Crippen LogP contribution in [-0.2, 0) is 13.0 Å². The van der Waals surface area contributed by atoms with Gasteiger partial charge in [-0.15, -0.1) is 11.3 Å². The van der Waals surface area contributed by atoms with Gasteiger partial charge in [0.15, 0.2) is 5.13 Å². The fourth-order valence-electron chi connectivity index (χ4n) is 3.78. The molecule has 1 saturated heterocycles. The number of carboxylic acid groups (broad SMARTS) is 1. The molecule has 3 heterocycles. The number of carbonyl (C=O) groups excluding carboxylic acids is 1. The van der Waals surface area contributed by atoms with Crippen molar-refractivity contribution in [3.63, 3.8) is 0 Å². The lowest BCUT2D eigenvalue weighted by Crippen LogP contribution is -2.28. The highest BCUT2D eigenvalue weighted by atomic mass is 32.1. The molecule has 0 aliphatic carbocycles. The van der Waals surface area contributed by atoms with Gasteiger partial charge >= 0.3 is 6.09 Å². The summed E-state index contributed by atoms with van der Waals surface area (Å²) in [5.41, 5.74) is 2.46. The van der Waals surface area contributed by atoms with Crippen molar-refractivity contribution in [2.45, 2.75) is 31.8 Å². The second-order valence-electron chi connectivity index (χ2n) is 7.09. The number of aromatic nitrogens is 1. The molecule has 2 aromatic rings. The lowest BCUT2D eigenvalue weighted by molar-refractivity contribution is 0.102. The Morgan fingerprint density at radius 2 is 2.19 bits per heavy atom. The largest absolute Gasteiger partial charge is 0.465 e. The van der Waals surface area contributed by atoms with Gasteiger partial charge in [0.1, 0.15) is 0 Å². The van der Waals surface area contributed by atoms with E-state index in [1.54, 1.807) is 12.1 Å². The van der Waals surface area contributed by atoms with E-state index in [9.17, 15) is 14.7 Å². The number of hydrogen-bond donors (Lipinski definition) is 2. The molecule has 1 atom stereocenters. The summed E-state index contributed by atoms with van der Waals surface area (Å²) in [6, 6.07) is 7.06. The van der Waals surface area contributed by atoms with E-state index in [2.05, 4.69) is 22.2 Å². The molecular formula is C19H22N4O3S. The maximum absolute atomic E-state index is 12.7. The van der Waals surface area contributed by atoms with Crippen molar-refractivity contribution < 1.29 is 14.7 Å². The SMILES string of the molecule is CN1CCc2nc(NC(=O)c3cccc(C4CCCN4C(=O)O)c3)sc2C1. The summed E-state index contributed by atoms with van der Waals surface area (Å²) in [5.74, 6) is -0.212. The van der Waals surface area contributed by atoms with Crippen LogP contribution in [0.15, 0.2) is 24.3 Å². The Hall–Kier alpha value is -2.45. The third-order valence-electron chi connectivity index (χ3n) is 5.17. The summed E-state index contributed by atoms with van der Waals surface area (Å²) < 4.78 is 0. The molecule has 2 amide bonds. The van der Waals surface area contributed by atoms with Gasteiger partial charge in [0.05, 0.1) is 11.7 Å². The number of nitrogens with one attached hydrogen (secondary N) is 1. The molecule has 2 N–H and O–H groups in total. The van der Waals surface area contributed by atoms with Crippen LogP contribution in [0.25, 0.3) is 0 Å². The summed E-state index contributed by atoms with van der Waals surface area (Å²) in [6.45, 7) is 2.38. The number of rotatable bonds is 3. The molecule has 0 saturated carbocycles. The van der Waals surface area contributed by atoms with E-state index in [1.807, 2.05) is 12.1 Å². The first kappa shape index (κ1) is 17.9. The smallest absolute Gasteiger partial charge is 0.407 e. The fourth-order valence-corrected chi connectivity index (χ4v) is 4.86. The molecule has 8 heteroatoms. The molecule has 27 heavy (non-hydrogen) atoms. The minimum atomic E-state index is -0.911. The third kappa shape index (κ3) is 3.68. The maximum atomic E-state index is 12.7. The highest BCUT2D eigenvalue weighted by molar-refractivity contribution is 7.15. The van der Waals surface area contributed by atoms with E-state index in [4.69, 9.17) is 0 Å². The van der Waals surface area contributed by atoms with Gasteiger partial charge in [-0.05, 0) is 37.6 Å². The molecule has 7 nitrogen and oxygen atoms in total. The molecule has 2 aliphatic heterocycles. The number of anilines is 1. The van der Waals surface area contributed by atoms with Crippen LogP contribution in [0, 0.1) is 0 Å². The van der Waals surface area contributed by atoms with Gasteiger partial charge in [-0.1, -0.05) is 12.1 Å². The summed E-state index contributed by atoms with van der Waals surface area (Å²) in [6.07, 6.45) is 1.61. The molecule has 142 valence electrons. The molecule has 0 bridgehead atoms. The van der Waals surface area contributed by atoms with Gasteiger partial charge in [0, 0.05) is 36.5 Å². The molecule has 0 radical (unpaired) electrons. The molecule has 1 unspecified atom stereocenters. The van der Waals surface area contributed by atoms with Gasteiger partial charge in [-0.3, -0.25) is 10.1 Å². The topological polar surface area (TPSA) is 85.8 Å². The van der Waals surface area contributed by atoms with E-state index in [0.29, 0.717) is 17.2 Å². The van der Waals surface area contributed by atoms with Gasteiger partial charge in [-0.2, -0.15) is 0 Å². The highest BCUT2D eigenvalue weighted by Crippen LogP contribution is 2.32. The predicted molar refractivity (Wildman–Crippen MR) is 103 cm³/mol. The van der Waals surface area contributed by atoms with E-state index in [0.717, 1.165) is 43.6 Å². The number of benzene rings is 1. The lowest BCUT2D eigenvalue weighted by Gasteiger charge is -2.22. The van der Waals surface area contributed by atoms with Gasteiger partial charge in [0.25, 0.3) is 5.91 Å². The van der Waals surface area contributed by atoms with Crippen LogP contribution in [0.2, 0.25) is 0 Å². The summed E-state index contributed by atoms with van der Waals surface area (Å²) >= 11 is 1.53. The highest BCUT2D eigenvalue weighted by Gasteiger charge is 2.30. The Bertz CT molecular complexity index is 882. The molecule has 1 aromatic carbocycles. The zero-order valence-electron chi connectivity index (χ0n) is 15.1. The van der Waals surface area contributed by atoms with Crippen molar-refractivity contribution >= 4 is 28.5 Å². The number of fused-ring (bicyclic) bond motifs is 1. The molecule has 0 spiro atoms. The average Bonchev–Trinajstić information content (AvgIpc) is 3.28. The van der Waals surface area contributed by atoms with Crippen LogP contribution >= 0.6 is 11.3 Å². The molecular weight excluding hydrogens is 364 g/mol. The van der Waals surface area contributed by atoms with Crippen molar-refractivity contribution in [3.05, 3.63) is 46.0 Å². The van der Waals surface area contributed by atoms with Crippen molar-refractivity contribution in [1.82, 2.24) is 14.8 Å². The Balaban J connectivity index is 1.50. The lowest BCUT2D eigenvalue weighted by atomic mass is 10.0. The Morgan fingerprint density at radius 3 is 3.00 bits per heavy atom. The van der Waals surface area contributed by atoms with E-state index in [1.165, 1.54) is 21.1 Å². The number of nitrogens with zero attached hydrogens (tertiary/aromatic N) is 3. The zero-order chi connectivity index (χ0) is 19.0. The van der Waals surface area contributed by atoms with E-state index >= 15 is 0 Å². The monoisotopic (exact) mass is 386 g/mol. The van der Waals surface area contributed by atoms with Crippen molar-refractivity contribution in [2.75, 3.05) is 25.5 Å². The minimum absolute atomic E-state index is 0.182. The van der Waals surface area contributed by atoms with Crippen LogP contribution in [0.3, 0.4) is 0 Å². The first-order valence-corrected chi connectivity index (χ1v) is 9.91. The van der Waals surface area contributed by atoms with Crippen LogP contribution < -0.4 is 5.32 Å². The predicted octanol–water partition coefficient (Wildman–Crippen LogP) is 3.20. The zero-order valence-corrected chi connectivity index (χ0v) is 16.0. The fraction of sp³-hybridized carbons (Fsp3) is 0.421. The first-order valence-electron chi connectivity index (χ1n) is 9.09. The normalized spacial score (nSPS) is 19.7. The summed E-state index contributed by atoms with van der Waals surface area (Å²) in [5, 5.41) is 12.9. The third-order valence-corrected chi connectivity index (χ3v) is 6.17. The Kier molecular flexibility index (Phi) is 4.84. The number of thiazole rings is 1. The average molecular weight is 386 g/mol. The minimum Gasteiger partial charge on any atom is -0.465 e. The first-order chi connectivity index (χ1) is 13.0. The van der Waals surface area contributed by atoms with E-state index in [-0.39, 0.29) is 11.9 Å². The van der Waals surface area contributed by atoms with Gasteiger partial charge < -0.3 is 14.9 Å². The van der Waals surface area contributed by atoms with Gasteiger partial charge in [0.2, 0.25) is 0 Å². The van der Waals surface area contributed by atoms with Crippen LogP contribution in [0.1, 0.15) is 45.4 Å². The van der Waals surface area contributed by atoms with Crippen molar-refractivity contribution in [1.29, 1.82) is 0 Å². The summed E-state index contributed by atoms with van der Waals surface area (Å²) in [4.78, 5) is 33.5. The number of likely N-dealkylation sites (N-methyl/N-ethyl adjacent to an activating group) is 1. The van der Waals surface area contributed by atoms with Crippen LogP contribution in [0.5, 0.6) is 0 Å². The number of likely N-dealkylation sites (tertiary alicyclic amines) is 1. The standard InChI is InChI=1S/C19H22N4O3S/c1-22-9-7-14-16(11-22)27-18(20-14)21-17(24)13-5-2-4-12(10-13)15-6-3-8-23(15)19(25)26/h2,4-5,10,15H,3,6-9,11H2,1H3,(H,25,26)(H,20,21,24). The van der Waals surface area contributed by atoms with Crippen molar-refractivity contribution in [2.24, 2.45) is 0 Å². The molecule has 4 rings (SSSR count). The Labute approximate surface area is 161 Å². The summed E-state index contributed by atoms with van der Waals surface area (Å²) in [7, 11) is 2.08. The van der Waals surface area contributed by atoms with Gasteiger partial charge in [-0.25, -0.2) is 9.78 Å². The second-order valence-corrected chi connectivity index (χ2v) is 8.17. The molecule has 1 aromatic heterocycles. The Morgan fingerprint density at radius 1 is 1.33 bits per heavy atom. The maximum Gasteiger partial charge on any atom is 0.407 e. The molecule has 2 aliphatic rings. The second kappa shape index (κ2) is 7.28. The van der Waals surface area contributed by atoms with Crippen LogP contribution in [-0.4, -0.2) is 52.0 Å². The van der Waals surface area contributed by atoms with E-state index < -0.39 is 6.09 Å². The molecule has 1 fully saturated rings.